The Morgan fingerprint density at radius 3 is 2.26 bits per heavy atom. The normalized spacial score (nSPS) is 19.6. The molecule has 1 saturated carbocycles. The second-order valence-electron chi connectivity index (χ2n) is 7.19. The predicted octanol–water partition coefficient (Wildman–Crippen LogP) is 5.46. The van der Waals surface area contributed by atoms with E-state index < -0.39 is 0 Å². The minimum atomic E-state index is -0.0924. The first-order chi connectivity index (χ1) is 11.2. The SMILES string of the molecule is CCCCCCC(=O)CC1CC1CCCCCCCC(=O)OC. The summed E-state index contributed by atoms with van der Waals surface area (Å²) < 4.78 is 4.63. The Morgan fingerprint density at radius 1 is 0.870 bits per heavy atom. The van der Waals surface area contributed by atoms with Gasteiger partial charge in [-0.05, 0) is 31.1 Å². The first-order valence-electron chi connectivity index (χ1n) is 9.75. The van der Waals surface area contributed by atoms with Gasteiger partial charge in [-0.1, -0.05) is 58.3 Å². The van der Waals surface area contributed by atoms with Crippen LogP contribution in [0, 0.1) is 11.8 Å². The van der Waals surface area contributed by atoms with E-state index in [2.05, 4.69) is 11.7 Å². The van der Waals surface area contributed by atoms with Crippen LogP contribution in [0.25, 0.3) is 0 Å². The molecule has 134 valence electrons. The third kappa shape index (κ3) is 10.5. The lowest BCUT2D eigenvalue weighted by molar-refractivity contribution is -0.140. The number of Topliss-reactive ketones (excluding diaryl/α,β-unsaturated/α-hetero) is 1. The van der Waals surface area contributed by atoms with Gasteiger partial charge >= 0.3 is 5.97 Å². The summed E-state index contributed by atoms with van der Waals surface area (Å²) in [7, 11) is 1.45. The molecule has 1 fully saturated rings. The molecule has 0 amide bonds. The van der Waals surface area contributed by atoms with Gasteiger partial charge in [-0.3, -0.25) is 9.59 Å². The molecule has 0 saturated heterocycles. The Kier molecular flexibility index (Phi) is 11.0. The monoisotopic (exact) mass is 324 g/mol. The highest BCUT2D eigenvalue weighted by Crippen LogP contribution is 2.45. The average Bonchev–Trinajstić information content (AvgIpc) is 3.28. The molecular formula is C20H36O3. The van der Waals surface area contributed by atoms with Gasteiger partial charge in [0.1, 0.15) is 5.78 Å². The molecule has 3 heteroatoms. The summed E-state index contributed by atoms with van der Waals surface area (Å²) in [6.07, 6.45) is 15.4. The van der Waals surface area contributed by atoms with Gasteiger partial charge in [0, 0.05) is 19.3 Å². The van der Waals surface area contributed by atoms with E-state index in [0.717, 1.165) is 38.0 Å². The quantitative estimate of drug-likeness (QED) is 0.297. The highest BCUT2D eigenvalue weighted by molar-refractivity contribution is 5.78. The average molecular weight is 325 g/mol. The molecule has 1 aliphatic carbocycles. The van der Waals surface area contributed by atoms with Crippen LogP contribution < -0.4 is 0 Å². The number of hydrogen-bond donors (Lipinski definition) is 0. The molecular weight excluding hydrogens is 288 g/mol. The molecule has 1 rings (SSSR count). The zero-order valence-corrected chi connectivity index (χ0v) is 15.3. The van der Waals surface area contributed by atoms with Crippen molar-refractivity contribution >= 4 is 11.8 Å². The van der Waals surface area contributed by atoms with Crippen molar-refractivity contribution < 1.29 is 14.3 Å². The van der Waals surface area contributed by atoms with Gasteiger partial charge in [0.25, 0.3) is 0 Å². The molecule has 0 bridgehead atoms. The fourth-order valence-corrected chi connectivity index (χ4v) is 3.37. The van der Waals surface area contributed by atoms with Crippen LogP contribution in [0.3, 0.4) is 0 Å². The molecule has 0 aromatic carbocycles. The van der Waals surface area contributed by atoms with E-state index in [9.17, 15) is 9.59 Å². The molecule has 1 aliphatic rings. The maximum absolute atomic E-state index is 11.9. The van der Waals surface area contributed by atoms with Gasteiger partial charge in [0.2, 0.25) is 0 Å². The first-order valence-corrected chi connectivity index (χ1v) is 9.75. The number of ketones is 1. The van der Waals surface area contributed by atoms with Crippen molar-refractivity contribution in [2.75, 3.05) is 7.11 Å². The lowest BCUT2D eigenvalue weighted by Gasteiger charge is -2.03. The summed E-state index contributed by atoms with van der Waals surface area (Å²) in [5.41, 5.74) is 0. The smallest absolute Gasteiger partial charge is 0.305 e. The number of carbonyl (C=O) groups excluding carboxylic acids is 2. The Hall–Kier alpha value is -0.860. The second-order valence-corrected chi connectivity index (χ2v) is 7.19. The molecule has 0 aliphatic heterocycles. The van der Waals surface area contributed by atoms with Crippen molar-refractivity contribution in [2.24, 2.45) is 11.8 Å². The van der Waals surface area contributed by atoms with E-state index in [1.54, 1.807) is 0 Å². The van der Waals surface area contributed by atoms with Gasteiger partial charge in [-0.15, -0.1) is 0 Å². The molecule has 0 heterocycles. The van der Waals surface area contributed by atoms with Gasteiger partial charge in [0.05, 0.1) is 7.11 Å². The number of esters is 1. The van der Waals surface area contributed by atoms with E-state index in [0.29, 0.717) is 18.1 Å². The van der Waals surface area contributed by atoms with Gasteiger partial charge in [0.15, 0.2) is 0 Å². The number of rotatable bonds is 15. The van der Waals surface area contributed by atoms with Crippen molar-refractivity contribution in [3.8, 4) is 0 Å². The molecule has 0 N–H and O–H groups in total. The number of carbonyl (C=O) groups is 2. The Balaban J connectivity index is 1.87. The van der Waals surface area contributed by atoms with Gasteiger partial charge in [-0.2, -0.15) is 0 Å². The first kappa shape index (κ1) is 20.2. The van der Waals surface area contributed by atoms with Crippen LogP contribution in [-0.4, -0.2) is 18.9 Å². The largest absolute Gasteiger partial charge is 0.469 e. The molecule has 2 unspecified atom stereocenters. The fourth-order valence-electron chi connectivity index (χ4n) is 3.37. The van der Waals surface area contributed by atoms with E-state index in [-0.39, 0.29) is 5.97 Å². The Morgan fingerprint density at radius 2 is 1.52 bits per heavy atom. The zero-order chi connectivity index (χ0) is 16.9. The molecule has 3 nitrogen and oxygen atoms in total. The van der Waals surface area contributed by atoms with Crippen LogP contribution in [0.4, 0.5) is 0 Å². The van der Waals surface area contributed by atoms with Gasteiger partial charge < -0.3 is 4.74 Å². The standard InChI is InChI=1S/C20H36O3/c1-3-4-5-10-13-19(21)16-18-15-17(18)12-9-7-6-8-11-14-20(22)23-2/h17-18H,3-16H2,1-2H3. The molecule has 0 aromatic rings. The summed E-state index contributed by atoms with van der Waals surface area (Å²) in [5.74, 6) is 1.93. The zero-order valence-electron chi connectivity index (χ0n) is 15.3. The van der Waals surface area contributed by atoms with Crippen molar-refractivity contribution in [3.05, 3.63) is 0 Å². The molecule has 0 aromatic heterocycles. The summed E-state index contributed by atoms with van der Waals surface area (Å²) in [6.45, 7) is 2.20. The highest BCUT2D eigenvalue weighted by Gasteiger charge is 2.37. The van der Waals surface area contributed by atoms with E-state index in [1.165, 1.54) is 58.5 Å². The minimum absolute atomic E-state index is 0.0924. The van der Waals surface area contributed by atoms with Crippen LogP contribution in [0.1, 0.15) is 96.8 Å². The highest BCUT2D eigenvalue weighted by atomic mass is 16.5. The van der Waals surface area contributed by atoms with Gasteiger partial charge in [-0.25, -0.2) is 0 Å². The fraction of sp³-hybridized carbons (Fsp3) is 0.900. The third-order valence-electron chi connectivity index (χ3n) is 5.05. The van der Waals surface area contributed by atoms with Crippen molar-refractivity contribution in [1.82, 2.24) is 0 Å². The number of unbranched alkanes of at least 4 members (excludes halogenated alkanes) is 7. The van der Waals surface area contributed by atoms with Crippen molar-refractivity contribution in [2.45, 2.75) is 96.8 Å². The summed E-state index contributed by atoms with van der Waals surface area (Å²) >= 11 is 0. The minimum Gasteiger partial charge on any atom is -0.469 e. The maximum atomic E-state index is 11.9. The van der Waals surface area contributed by atoms with E-state index in [1.807, 2.05) is 0 Å². The molecule has 0 spiro atoms. The number of methoxy groups -OCH3 is 1. The molecule has 23 heavy (non-hydrogen) atoms. The Bertz CT molecular complexity index is 338. The van der Waals surface area contributed by atoms with E-state index >= 15 is 0 Å². The van der Waals surface area contributed by atoms with Crippen molar-refractivity contribution in [1.29, 1.82) is 0 Å². The topological polar surface area (TPSA) is 43.4 Å². The third-order valence-corrected chi connectivity index (χ3v) is 5.05. The predicted molar refractivity (Wildman–Crippen MR) is 94.3 cm³/mol. The second kappa shape index (κ2) is 12.5. The van der Waals surface area contributed by atoms with Crippen molar-refractivity contribution in [3.63, 3.8) is 0 Å². The van der Waals surface area contributed by atoms with Crippen LogP contribution in [0.5, 0.6) is 0 Å². The van der Waals surface area contributed by atoms with E-state index in [4.69, 9.17) is 0 Å². The summed E-state index contributed by atoms with van der Waals surface area (Å²) in [6, 6.07) is 0. The number of hydrogen-bond acceptors (Lipinski definition) is 3. The van der Waals surface area contributed by atoms with Crippen LogP contribution >= 0.6 is 0 Å². The van der Waals surface area contributed by atoms with Crippen LogP contribution in [0.15, 0.2) is 0 Å². The van der Waals surface area contributed by atoms with Crippen LogP contribution in [-0.2, 0) is 14.3 Å². The summed E-state index contributed by atoms with van der Waals surface area (Å²) in [4.78, 5) is 22.9. The lowest BCUT2D eigenvalue weighted by atomic mass is 10.0. The number of ether oxygens (including phenoxy) is 1. The molecule has 0 radical (unpaired) electrons. The maximum Gasteiger partial charge on any atom is 0.305 e. The van der Waals surface area contributed by atoms with Crippen LogP contribution in [0.2, 0.25) is 0 Å². The lowest BCUT2D eigenvalue weighted by Crippen LogP contribution is -2.00. The summed E-state index contributed by atoms with van der Waals surface area (Å²) in [5, 5.41) is 0. The Labute approximate surface area is 142 Å². The molecule has 2 atom stereocenters.